The van der Waals surface area contributed by atoms with E-state index in [1.807, 2.05) is 37.3 Å². The molecule has 0 unspecified atom stereocenters. The van der Waals surface area contributed by atoms with Crippen LogP contribution < -0.4 is 10.1 Å². The summed E-state index contributed by atoms with van der Waals surface area (Å²) in [5.74, 6) is 0.599. The second-order valence-corrected chi connectivity index (χ2v) is 5.60. The highest BCUT2D eigenvalue weighted by atomic mass is 16.5. The van der Waals surface area contributed by atoms with Crippen molar-refractivity contribution in [1.29, 1.82) is 0 Å². The molecule has 0 radical (unpaired) electrons. The highest BCUT2D eigenvalue weighted by Crippen LogP contribution is 2.30. The van der Waals surface area contributed by atoms with Gasteiger partial charge in [-0.1, -0.05) is 18.2 Å². The molecule has 0 spiro atoms. The Balaban J connectivity index is 1.95. The van der Waals surface area contributed by atoms with Crippen LogP contribution in [0.5, 0.6) is 5.75 Å². The van der Waals surface area contributed by atoms with Gasteiger partial charge in [-0.2, -0.15) is 0 Å². The fourth-order valence-corrected chi connectivity index (χ4v) is 2.82. The van der Waals surface area contributed by atoms with Crippen LogP contribution in [0.3, 0.4) is 0 Å². The SMILES string of the molecule is CCOc1ccc(-c2ccc3c(c2)C=C(C(=O)OC)CCN3)cc1. The van der Waals surface area contributed by atoms with E-state index in [1.165, 1.54) is 7.11 Å². The Kier molecular flexibility index (Phi) is 4.85. The Hall–Kier alpha value is -2.75. The minimum atomic E-state index is -0.267. The predicted molar refractivity (Wildman–Crippen MR) is 96.1 cm³/mol. The fourth-order valence-electron chi connectivity index (χ4n) is 2.82. The molecule has 0 saturated carbocycles. The van der Waals surface area contributed by atoms with Gasteiger partial charge in [0.15, 0.2) is 0 Å². The minimum Gasteiger partial charge on any atom is -0.494 e. The number of hydrogen-bond acceptors (Lipinski definition) is 4. The third-order valence-electron chi connectivity index (χ3n) is 4.04. The van der Waals surface area contributed by atoms with E-state index in [0.29, 0.717) is 18.6 Å². The molecule has 2 aromatic rings. The van der Waals surface area contributed by atoms with Gasteiger partial charge in [0.2, 0.25) is 0 Å². The number of esters is 1. The van der Waals surface area contributed by atoms with E-state index in [2.05, 4.69) is 23.5 Å². The van der Waals surface area contributed by atoms with Crippen LogP contribution in [0.15, 0.2) is 48.0 Å². The Morgan fingerprint density at radius 2 is 1.88 bits per heavy atom. The van der Waals surface area contributed by atoms with Crippen molar-refractivity contribution in [2.45, 2.75) is 13.3 Å². The van der Waals surface area contributed by atoms with E-state index in [-0.39, 0.29) is 5.97 Å². The first kappa shape index (κ1) is 16.1. The summed E-state index contributed by atoms with van der Waals surface area (Å²) in [6.07, 6.45) is 2.57. The van der Waals surface area contributed by atoms with Gasteiger partial charge in [-0.3, -0.25) is 0 Å². The second kappa shape index (κ2) is 7.21. The molecule has 1 aliphatic heterocycles. The standard InChI is InChI=1S/C20H21NO3/c1-3-24-18-7-4-14(5-8-18)15-6-9-19-17(12-15)13-16(10-11-21-19)20(22)23-2/h4-9,12-13,21H,3,10-11H2,1-2H3. The van der Waals surface area contributed by atoms with Crippen molar-refractivity contribution in [3.63, 3.8) is 0 Å². The van der Waals surface area contributed by atoms with Crippen LogP contribution in [0.25, 0.3) is 17.2 Å². The zero-order chi connectivity index (χ0) is 16.9. The van der Waals surface area contributed by atoms with E-state index < -0.39 is 0 Å². The lowest BCUT2D eigenvalue weighted by molar-refractivity contribution is -0.136. The third kappa shape index (κ3) is 3.43. The van der Waals surface area contributed by atoms with Gasteiger partial charge in [0.1, 0.15) is 5.75 Å². The van der Waals surface area contributed by atoms with Crippen molar-refractivity contribution in [2.24, 2.45) is 0 Å². The second-order valence-electron chi connectivity index (χ2n) is 5.60. The van der Waals surface area contributed by atoms with Crippen LogP contribution in [-0.4, -0.2) is 26.2 Å². The van der Waals surface area contributed by atoms with Crippen molar-refractivity contribution < 1.29 is 14.3 Å². The lowest BCUT2D eigenvalue weighted by Crippen LogP contribution is -2.07. The monoisotopic (exact) mass is 323 g/mol. The molecule has 1 aliphatic rings. The van der Waals surface area contributed by atoms with Crippen LogP contribution >= 0.6 is 0 Å². The van der Waals surface area contributed by atoms with E-state index in [0.717, 1.165) is 34.7 Å². The molecule has 0 aliphatic carbocycles. The van der Waals surface area contributed by atoms with Crippen LogP contribution in [-0.2, 0) is 9.53 Å². The topological polar surface area (TPSA) is 47.6 Å². The Morgan fingerprint density at radius 1 is 1.12 bits per heavy atom. The van der Waals surface area contributed by atoms with Gasteiger partial charge in [0.05, 0.1) is 13.7 Å². The van der Waals surface area contributed by atoms with E-state index in [9.17, 15) is 4.79 Å². The molecule has 0 fully saturated rings. The van der Waals surface area contributed by atoms with Crippen LogP contribution in [0, 0.1) is 0 Å². The summed E-state index contributed by atoms with van der Waals surface area (Å²) in [5.41, 5.74) is 4.93. The fraction of sp³-hybridized carbons (Fsp3) is 0.250. The van der Waals surface area contributed by atoms with Crippen molar-refractivity contribution in [3.8, 4) is 16.9 Å². The smallest absolute Gasteiger partial charge is 0.333 e. The van der Waals surface area contributed by atoms with Crippen molar-refractivity contribution in [3.05, 3.63) is 53.6 Å². The zero-order valence-electron chi connectivity index (χ0n) is 14.0. The van der Waals surface area contributed by atoms with Gasteiger partial charge in [0.25, 0.3) is 0 Å². The zero-order valence-corrected chi connectivity index (χ0v) is 14.0. The summed E-state index contributed by atoms with van der Waals surface area (Å²) >= 11 is 0. The van der Waals surface area contributed by atoms with E-state index in [4.69, 9.17) is 9.47 Å². The van der Waals surface area contributed by atoms with Gasteiger partial charge < -0.3 is 14.8 Å². The molecule has 0 aromatic heterocycles. The molecule has 0 saturated heterocycles. The number of anilines is 1. The number of methoxy groups -OCH3 is 1. The number of fused-ring (bicyclic) bond motifs is 1. The highest BCUT2D eigenvalue weighted by molar-refractivity contribution is 5.95. The Bertz CT molecular complexity index is 763. The molecule has 1 heterocycles. The normalized spacial score (nSPS) is 13.2. The molecule has 24 heavy (non-hydrogen) atoms. The number of hydrogen-bond donors (Lipinski definition) is 1. The first-order valence-electron chi connectivity index (χ1n) is 8.11. The summed E-state index contributed by atoms with van der Waals surface area (Å²) in [6, 6.07) is 14.3. The Morgan fingerprint density at radius 3 is 2.58 bits per heavy atom. The van der Waals surface area contributed by atoms with Crippen LogP contribution in [0.2, 0.25) is 0 Å². The lowest BCUT2D eigenvalue weighted by Gasteiger charge is -2.10. The molecule has 0 atom stereocenters. The summed E-state index contributed by atoms with van der Waals surface area (Å²) in [4.78, 5) is 11.9. The van der Waals surface area contributed by atoms with Crippen LogP contribution in [0.4, 0.5) is 5.69 Å². The summed E-state index contributed by atoms with van der Waals surface area (Å²) in [6.45, 7) is 3.35. The molecule has 0 bridgehead atoms. The van der Waals surface area contributed by atoms with E-state index >= 15 is 0 Å². The lowest BCUT2D eigenvalue weighted by atomic mass is 10.0. The molecule has 124 valence electrons. The molecule has 1 N–H and O–H groups in total. The first-order chi connectivity index (χ1) is 11.7. The van der Waals surface area contributed by atoms with Crippen molar-refractivity contribution >= 4 is 17.7 Å². The summed E-state index contributed by atoms with van der Waals surface area (Å²) in [5, 5.41) is 3.36. The average Bonchev–Trinajstić information content (AvgIpc) is 2.83. The van der Waals surface area contributed by atoms with Gasteiger partial charge in [-0.25, -0.2) is 4.79 Å². The molecule has 4 nitrogen and oxygen atoms in total. The molecule has 2 aromatic carbocycles. The maximum Gasteiger partial charge on any atom is 0.333 e. The number of ether oxygens (including phenoxy) is 2. The number of nitrogens with one attached hydrogen (secondary N) is 1. The maximum absolute atomic E-state index is 11.9. The van der Waals surface area contributed by atoms with Gasteiger partial charge in [-0.05, 0) is 60.4 Å². The molecule has 4 heteroatoms. The minimum absolute atomic E-state index is 0.267. The molecular formula is C20H21NO3. The quantitative estimate of drug-likeness (QED) is 0.860. The Labute approximate surface area is 142 Å². The first-order valence-corrected chi connectivity index (χ1v) is 8.11. The van der Waals surface area contributed by atoms with E-state index in [1.54, 1.807) is 0 Å². The predicted octanol–water partition coefficient (Wildman–Crippen LogP) is 4.12. The highest BCUT2D eigenvalue weighted by Gasteiger charge is 2.15. The van der Waals surface area contributed by atoms with Gasteiger partial charge in [-0.15, -0.1) is 0 Å². The van der Waals surface area contributed by atoms with Crippen molar-refractivity contribution in [1.82, 2.24) is 0 Å². The maximum atomic E-state index is 11.9. The number of benzene rings is 2. The number of carbonyl (C=O) groups is 1. The molecular weight excluding hydrogens is 302 g/mol. The molecule has 3 rings (SSSR count). The van der Waals surface area contributed by atoms with Gasteiger partial charge >= 0.3 is 5.97 Å². The summed E-state index contributed by atoms with van der Waals surface area (Å²) in [7, 11) is 1.42. The number of rotatable bonds is 4. The number of carbonyl (C=O) groups excluding carboxylic acids is 1. The largest absolute Gasteiger partial charge is 0.494 e. The van der Waals surface area contributed by atoms with Crippen molar-refractivity contribution in [2.75, 3.05) is 25.6 Å². The molecule has 0 amide bonds. The summed E-state index contributed by atoms with van der Waals surface area (Å²) < 4.78 is 10.3. The van der Waals surface area contributed by atoms with Gasteiger partial charge in [0, 0.05) is 17.8 Å². The third-order valence-corrected chi connectivity index (χ3v) is 4.04. The average molecular weight is 323 g/mol. The van der Waals surface area contributed by atoms with Crippen LogP contribution in [0.1, 0.15) is 18.9 Å².